The SMILES string of the molecule is C=C(C(=O)OCC)C1(C#N)CCCCC1. The molecule has 0 amide bonds. The minimum atomic E-state index is -0.662. The van der Waals surface area contributed by atoms with Gasteiger partial charge in [0.1, 0.15) is 0 Å². The van der Waals surface area contributed by atoms with Crippen molar-refractivity contribution in [3.05, 3.63) is 12.2 Å². The summed E-state index contributed by atoms with van der Waals surface area (Å²) in [5.41, 5.74) is -0.323. The molecule has 0 aromatic carbocycles. The highest BCUT2D eigenvalue weighted by molar-refractivity contribution is 5.90. The summed E-state index contributed by atoms with van der Waals surface area (Å²) in [6, 6.07) is 2.26. The molecule has 0 atom stereocenters. The van der Waals surface area contributed by atoms with Crippen LogP contribution < -0.4 is 0 Å². The molecule has 1 rings (SSSR count). The normalized spacial score (nSPS) is 18.9. The maximum Gasteiger partial charge on any atom is 0.335 e. The summed E-state index contributed by atoms with van der Waals surface area (Å²) in [6.07, 6.45) is 4.60. The summed E-state index contributed by atoms with van der Waals surface area (Å²) in [4.78, 5) is 11.5. The van der Waals surface area contributed by atoms with Crippen molar-refractivity contribution in [2.45, 2.75) is 39.0 Å². The number of hydrogen-bond acceptors (Lipinski definition) is 3. The van der Waals surface area contributed by atoms with Gasteiger partial charge in [0, 0.05) is 0 Å². The van der Waals surface area contributed by atoms with Gasteiger partial charge in [-0.2, -0.15) is 5.26 Å². The Bertz CT molecular complexity index is 295. The van der Waals surface area contributed by atoms with E-state index in [1.165, 1.54) is 0 Å². The highest BCUT2D eigenvalue weighted by atomic mass is 16.5. The van der Waals surface area contributed by atoms with Crippen molar-refractivity contribution < 1.29 is 9.53 Å². The largest absolute Gasteiger partial charge is 0.463 e. The summed E-state index contributed by atoms with van der Waals surface area (Å²) in [5, 5.41) is 9.21. The van der Waals surface area contributed by atoms with Crippen LogP contribution in [0.3, 0.4) is 0 Å². The first-order chi connectivity index (χ1) is 7.16. The van der Waals surface area contributed by atoms with Gasteiger partial charge >= 0.3 is 5.97 Å². The van der Waals surface area contributed by atoms with E-state index < -0.39 is 11.4 Å². The van der Waals surface area contributed by atoms with E-state index in [1.807, 2.05) is 0 Å². The predicted molar refractivity (Wildman–Crippen MR) is 56.9 cm³/mol. The Hall–Kier alpha value is -1.30. The molecule has 0 heterocycles. The highest BCUT2D eigenvalue weighted by Crippen LogP contribution is 2.41. The number of carbonyl (C=O) groups is 1. The van der Waals surface area contributed by atoms with Crippen LogP contribution in [0, 0.1) is 16.7 Å². The summed E-state index contributed by atoms with van der Waals surface area (Å²) in [7, 11) is 0. The molecule has 3 nitrogen and oxygen atoms in total. The molecule has 0 bridgehead atoms. The molecule has 0 radical (unpaired) electrons. The van der Waals surface area contributed by atoms with Gasteiger partial charge in [-0.25, -0.2) is 4.79 Å². The molecule has 3 heteroatoms. The summed E-state index contributed by atoms with van der Waals surface area (Å²) in [6.45, 7) is 5.83. The third-order valence-electron chi connectivity index (χ3n) is 3.02. The van der Waals surface area contributed by atoms with E-state index in [0.717, 1.165) is 32.1 Å². The van der Waals surface area contributed by atoms with Crippen molar-refractivity contribution in [3.8, 4) is 6.07 Å². The number of ether oxygens (including phenoxy) is 1. The Morgan fingerprint density at radius 2 is 2.07 bits per heavy atom. The Labute approximate surface area is 90.7 Å². The molecule has 0 aromatic heterocycles. The maximum absolute atomic E-state index is 11.5. The van der Waals surface area contributed by atoms with E-state index in [0.29, 0.717) is 12.2 Å². The van der Waals surface area contributed by atoms with E-state index in [9.17, 15) is 10.1 Å². The number of nitrogens with zero attached hydrogens (tertiary/aromatic N) is 1. The van der Waals surface area contributed by atoms with Crippen LogP contribution in [0.4, 0.5) is 0 Å². The predicted octanol–water partition coefficient (Wildman–Crippen LogP) is 2.58. The first-order valence-corrected chi connectivity index (χ1v) is 5.44. The lowest BCUT2D eigenvalue weighted by atomic mass is 9.70. The third kappa shape index (κ3) is 2.38. The van der Waals surface area contributed by atoms with Gasteiger partial charge in [-0.15, -0.1) is 0 Å². The van der Waals surface area contributed by atoms with E-state index in [-0.39, 0.29) is 0 Å². The van der Waals surface area contributed by atoms with Crippen molar-refractivity contribution >= 4 is 5.97 Å². The number of rotatable bonds is 3. The Kier molecular flexibility index (Phi) is 3.90. The van der Waals surface area contributed by atoms with Crippen molar-refractivity contribution in [1.29, 1.82) is 5.26 Å². The lowest BCUT2D eigenvalue weighted by Crippen LogP contribution is -2.29. The van der Waals surface area contributed by atoms with Crippen LogP contribution >= 0.6 is 0 Å². The van der Waals surface area contributed by atoms with Gasteiger partial charge in [0.05, 0.1) is 23.7 Å². The Balaban J connectivity index is 2.77. The number of hydrogen-bond donors (Lipinski definition) is 0. The van der Waals surface area contributed by atoms with Crippen LogP contribution in [0.25, 0.3) is 0 Å². The van der Waals surface area contributed by atoms with Crippen LogP contribution in [-0.4, -0.2) is 12.6 Å². The van der Waals surface area contributed by atoms with E-state index >= 15 is 0 Å². The topological polar surface area (TPSA) is 50.1 Å². The van der Waals surface area contributed by atoms with Crippen LogP contribution in [0.5, 0.6) is 0 Å². The second-order valence-electron chi connectivity index (χ2n) is 3.95. The zero-order chi connectivity index (χ0) is 11.3. The molecule has 15 heavy (non-hydrogen) atoms. The van der Waals surface area contributed by atoms with Gasteiger partial charge in [-0.3, -0.25) is 0 Å². The van der Waals surface area contributed by atoms with Gasteiger partial charge in [-0.1, -0.05) is 25.8 Å². The molecule has 1 saturated carbocycles. The van der Waals surface area contributed by atoms with Gasteiger partial charge in [0.15, 0.2) is 0 Å². The third-order valence-corrected chi connectivity index (χ3v) is 3.02. The Morgan fingerprint density at radius 1 is 1.47 bits per heavy atom. The monoisotopic (exact) mass is 207 g/mol. The van der Waals surface area contributed by atoms with Crippen LogP contribution in [0.2, 0.25) is 0 Å². The highest BCUT2D eigenvalue weighted by Gasteiger charge is 2.38. The lowest BCUT2D eigenvalue weighted by molar-refractivity contribution is -0.139. The smallest absolute Gasteiger partial charge is 0.335 e. The summed E-state index contributed by atoms with van der Waals surface area (Å²) < 4.78 is 4.89. The molecular weight excluding hydrogens is 190 g/mol. The van der Waals surface area contributed by atoms with E-state index in [1.54, 1.807) is 6.92 Å². The zero-order valence-corrected chi connectivity index (χ0v) is 9.21. The fraction of sp³-hybridized carbons (Fsp3) is 0.667. The number of carbonyl (C=O) groups excluding carboxylic acids is 1. The van der Waals surface area contributed by atoms with Gasteiger partial charge in [0.2, 0.25) is 0 Å². The van der Waals surface area contributed by atoms with Crippen molar-refractivity contribution in [3.63, 3.8) is 0 Å². The standard InChI is InChI=1S/C12H17NO2/c1-3-15-11(14)10(2)12(9-13)7-5-4-6-8-12/h2-8H2,1H3. The molecule has 1 aliphatic carbocycles. The second kappa shape index (κ2) is 4.97. The quantitative estimate of drug-likeness (QED) is 0.528. The van der Waals surface area contributed by atoms with Gasteiger partial charge in [-0.05, 0) is 19.8 Å². The molecule has 0 spiro atoms. The maximum atomic E-state index is 11.5. The molecule has 0 aromatic rings. The number of esters is 1. The van der Waals surface area contributed by atoms with Crippen molar-refractivity contribution in [1.82, 2.24) is 0 Å². The molecule has 0 saturated heterocycles. The van der Waals surface area contributed by atoms with Crippen LogP contribution in [-0.2, 0) is 9.53 Å². The van der Waals surface area contributed by atoms with Crippen molar-refractivity contribution in [2.24, 2.45) is 5.41 Å². The van der Waals surface area contributed by atoms with Crippen LogP contribution in [0.1, 0.15) is 39.0 Å². The Morgan fingerprint density at radius 3 is 2.53 bits per heavy atom. The molecule has 0 N–H and O–H groups in total. The average molecular weight is 207 g/mol. The van der Waals surface area contributed by atoms with Crippen LogP contribution in [0.15, 0.2) is 12.2 Å². The second-order valence-corrected chi connectivity index (χ2v) is 3.95. The first kappa shape index (κ1) is 11.8. The average Bonchev–Trinajstić information content (AvgIpc) is 2.29. The molecule has 82 valence electrons. The molecule has 0 aliphatic heterocycles. The molecule has 1 aliphatic rings. The molecular formula is C12H17NO2. The number of nitriles is 1. The fourth-order valence-electron chi connectivity index (χ4n) is 2.05. The molecule has 1 fully saturated rings. The van der Waals surface area contributed by atoms with E-state index in [4.69, 9.17) is 4.74 Å². The fourth-order valence-corrected chi connectivity index (χ4v) is 2.05. The lowest BCUT2D eigenvalue weighted by Gasteiger charge is -2.31. The zero-order valence-electron chi connectivity index (χ0n) is 9.21. The van der Waals surface area contributed by atoms with E-state index in [2.05, 4.69) is 12.6 Å². The van der Waals surface area contributed by atoms with Gasteiger partial charge in [0.25, 0.3) is 0 Å². The molecule has 0 unspecified atom stereocenters. The van der Waals surface area contributed by atoms with Crippen molar-refractivity contribution in [2.75, 3.05) is 6.61 Å². The summed E-state index contributed by atoms with van der Waals surface area (Å²) >= 11 is 0. The summed E-state index contributed by atoms with van der Waals surface area (Å²) in [5.74, 6) is -0.416. The van der Waals surface area contributed by atoms with Gasteiger partial charge < -0.3 is 4.74 Å². The first-order valence-electron chi connectivity index (χ1n) is 5.44. The minimum absolute atomic E-state index is 0.333. The minimum Gasteiger partial charge on any atom is -0.463 e.